The highest BCUT2D eigenvalue weighted by molar-refractivity contribution is 5.93. The third-order valence-corrected chi connectivity index (χ3v) is 5.26. The first-order valence-electron chi connectivity index (χ1n) is 9.71. The van der Waals surface area contributed by atoms with Gasteiger partial charge in [-0.25, -0.2) is 4.98 Å². The molecule has 0 bridgehead atoms. The zero-order valence-electron chi connectivity index (χ0n) is 17.1. The minimum atomic E-state index is -0.269. The summed E-state index contributed by atoms with van der Waals surface area (Å²) >= 11 is 0. The van der Waals surface area contributed by atoms with Gasteiger partial charge in [-0.3, -0.25) is 19.3 Å². The maximum Gasteiger partial charge on any atom is 0.261 e. The van der Waals surface area contributed by atoms with Crippen LogP contribution in [0.25, 0.3) is 22.1 Å². The summed E-state index contributed by atoms with van der Waals surface area (Å²) < 4.78 is 7.61. The van der Waals surface area contributed by atoms with Crippen molar-refractivity contribution < 1.29 is 14.0 Å². The van der Waals surface area contributed by atoms with Gasteiger partial charge in [0.15, 0.2) is 0 Å². The molecule has 9 heteroatoms. The zero-order valence-corrected chi connectivity index (χ0v) is 17.1. The molecule has 1 atom stereocenters. The Balaban J connectivity index is 1.76. The van der Waals surface area contributed by atoms with Crippen molar-refractivity contribution in [2.75, 3.05) is 18.4 Å². The number of pyridine rings is 2. The van der Waals surface area contributed by atoms with Crippen LogP contribution in [0.1, 0.15) is 19.6 Å². The molecule has 0 spiro atoms. The summed E-state index contributed by atoms with van der Waals surface area (Å²) in [6.45, 7) is 4.99. The minimum absolute atomic E-state index is 0.0174. The van der Waals surface area contributed by atoms with Crippen molar-refractivity contribution in [1.82, 2.24) is 19.8 Å². The highest BCUT2D eigenvalue weighted by Gasteiger charge is 2.26. The number of aromatic nitrogens is 2. The van der Waals surface area contributed by atoms with Gasteiger partial charge >= 0.3 is 0 Å². The maximum absolute atomic E-state index is 12.7. The van der Waals surface area contributed by atoms with Crippen molar-refractivity contribution in [3.05, 3.63) is 46.7 Å². The van der Waals surface area contributed by atoms with Gasteiger partial charge in [0.2, 0.25) is 11.8 Å². The molecule has 2 amide bonds. The maximum atomic E-state index is 12.7. The Kier molecular flexibility index (Phi) is 5.13. The van der Waals surface area contributed by atoms with Crippen LogP contribution in [0.4, 0.5) is 5.82 Å². The van der Waals surface area contributed by atoms with E-state index in [1.54, 1.807) is 37.6 Å². The van der Waals surface area contributed by atoms with Gasteiger partial charge in [0.1, 0.15) is 17.2 Å². The highest BCUT2D eigenvalue weighted by Crippen LogP contribution is 2.30. The number of nitrogens with zero attached hydrogens (tertiary/aromatic N) is 3. The first-order chi connectivity index (χ1) is 14.3. The van der Waals surface area contributed by atoms with Gasteiger partial charge in [0, 0.05) is 45.0 Å². The van der Waals surface area contributed by atoms with Crippen molar-refractivity contribution in [2.24, 2.45) is 7.05 Å². The monoisotopic (exact) mass is 409 g/mol. The third-order valence-electron chi connectivity index (χ3n) is 5.26. The molecule has 3 aromatic heterocycles. The molecule has 3 aromatic rings. The highest BCUT2D eigenvalue weighted by atomic mass is 16.3. The third kappa shape index (κ3) is 3.71. The van der Waals surface area contributed by atoms with Gasteiger partial charge in [-0.1, -0.05) is 0 Å². The van der Waals surface area contributed by atoms with Gasteiger partial charge in [-0.05, 0) is 30.7 Å². The summed E-state index contributed by atoms with van der Waals surface area (Å²) in [7, 11) is 1.69. The van der Waals surface area contributed by atoms with Crippen LogP contribution in [0.3, 0.4) is 0 Å². The topological polar surface area (TPSA) is 109 Å². The second-order valence-electron chi connectivity index (χ2n) is 7.46. The molecular weight excluding hydrogens is 386 g/mol. The predicted molar refractivity (Wildman–Crippen MR) is 112 cm³/mol. The molecule has 1 aliphatic rings. The van der Waals surface area contributed by atoms with Crippen LogP contribution < -0.4 is 16.2 Å². The first-order valence-corrected chi connectivity index (χ1v) is 9.71. The van der Waals surface area contributed by atoms with E-state index in [4.69, 9.17) is 4.42 Å². The van der Waals surface area contributed by atoms with Gasteiger partial charge in [-0.2, -0.15) is 0 Å². The number of furan rings is 1. The summed E-state index contributed by atoms with van der Waals surface area (Å²) in [4.78, 5) is 42.2. The molecular formula is C21H23N5O4. The lowest BCUT2D eigenvalue weighted by Crippen LogP contribution is -2.53. The molecule has 0 aliphatic carbocycles. The first kappa shape index (κ1) is 19.8. The summed E-state index contributed by atoms with van der Waals surface area (Å²) in [5.41, 5.74) is 1.80. The number of piperazine rings is 1. The molecule has 1 fully saturated rings. The molecule has 0 aromatic carbocycles. The number of fused-ring (bicyclic) bond motifs is 1. The van der Waals surface area contributed by atoms with E-state index >= 15 is 0 Å². The fourth-order valence-corrected chi connectivity index (χ4v) is 3.68. The van der Waals surface area contributed by atoms with Gasteiger partial charge in [0.25, 0.3) is 5.56 Å². The molecule has 1 unspecified atom stereocenters. The molecule has 4 rings (SSSR count). The van der Waals surface area contributed by atoms with E-state index in [-0.39, 0.29) is 23.4 Å². The van der Waals surface area contributed by atoms with Crippen LogP contribution in [0.15, 0.2) is 39.8 Å². The lowest BCUT2D eigenvalue weighted by Gasteiger charge is -2.31. The lowest BCUT2D eigenvalue weighted by atomic mass is 10.1. The quantitative estimate of drug-likeness (QED) is 0.675. The van der Waals surface area contributed by atoms with E-state index in [9.17, 15) is 14.4 Å². The normalized spacial score (nSPS) is 17.2. The minimum Gasteiger partial charge on any atom is -0.459 e. The Bertz CT molecular complexity index is 1200. The second kappa shape index (κ2) is 7.75. The smallest absolute Gasteiger partial charge is 0.261 e. The zero-order chi connectivity index (χ0) is 21.4. The van der Waals surface area contributed by atoms with Crippen LogP contribution >= 0.6 is 0 Å². The van der Waals surface area contributed by atoms with E-state index < -0.39 is 0 Å². The Morgan fingerprint density at radius 1 is 1.37 bits per heavy atom. The number of anilines is 1. The standard InChI is InChI=1S/C21H23N5O4/c1-12-20(28)23-6-7-26(12)10-15-9-16-19(30-15)17(11-25(3)21(16)29)14-4-5-22-18(8-14)24-13(2)27/h4-5,8-9,11-12H,6-7,10H2,1-3H3,(H,23,28)(H,22,24,27). The largest absolute Gasteiger partial charge is 0.459 e. The summed E-state index contributed by atoms with van der Waals surface area (Å²) in [5.74, 6) is 0.802. The SMILES string of the molecule is CC(=O)Nc1cc(-c2cn(C)c(=O)c3cc(CN4CCNC(=O)C4C)oc23)ccn1. The van der Waals surface area contributed by atoms with Crippen LogP contribution in [0.2, 0.25) is 0 Å². The lowest BCUT2D eigenvalue weighted by molar-refractivity contribution is -0.128. The van der Waals surface area contributed by atoms with Crippen molar-refractivity contribution in [1.29, 1.82) is 0 Å². The number of carbonyl (C=O) groups is 2. The average molecular weight is 409 g/mol. The Morgan fingerprint density at radius 3 is 2.93 bits per heavy atom. The number of carbonyl (C=O) groups excluding carboxylic acids is 2. The predicted octanol–water partition coefficient (Wildman–Crippen LogP) is 1.47. The number of hydrogen-bond donors (Lipinski definition) is 2. The fraction of sp³-hybridized carbons (Fsp3) is 0.333. The summed E-state index contributed by atoms with van der Waals surface area (Å²) in [6.07, 6.45) is 3.30. The Hall–Kier alpha value is -3.46. The Morgan fingerprint density at radius 2 is 2.17 bits per heavy atom. The Labute approximate surface area is 172 Å². The van der Waals surface area contributed by atoms with Gasteiger partial charge in [-0.15, -0.1) is 0 Å². The van der Waals surface area contributed by atoms with E-state index in [1.165, 1.54) is 11.5 Å². The van der Waals surface area contributed by atoms with Crippen LogP contribution in [0, 0.1) is 0 Å². The van der Waals surface area contributed by atoms with Gasteiger partial charge < -0.3 is 19.6 Å². The van der Waals surface area contributed by atoms with E-state index in [2.05, 4.69) is 15.6 Å². The molecule has 1 saturated heterocycles. The number of amides is 2. The molecule has 4 heterocycles. The van der Waals surface area contributed by atoms with E-state index in [0.717, 1.165) is 11.1 Å². The summed E-state index contributed by atoms with van der Waals surface area (Å²) in [5, 5.41) is 5.97. The molecule has 156 valence electrons. The number of hydrogen-bond acceptors (Lipinski definition) is 6. The molecule has 0 saturated carbocycles. The molecule has 30 heavy (non-hydrogen) atoms. The van der Waals surface area contributed by atoms with Crippen LogP contribution in [0.5, 0.6) is 0 Å². The number of aryl methyl sites for hydroxylation is 1. The molecule has 9 nitrogen and oxygen atoms in total. The average Bonchev–Trinajstić information content (AvgIpc) is 3.12. The second-order valence-corrected chi connectivity index (χ2v) is 7.46. The summed E-state index contributed by atoms with van der Waals surface area (Å²) in [6, 6.07) is 5.01. The van der Waals surface area contributed by atoms with Crippen LogP contribution in [-0.2, 0) is 23.2 Å². The van der Waals surface area contributed by atoms with Crippen molar-refractivity contribution in [2.45, 2.75) is 26.4 Å². The van der Waals surface area contributed by atoms with E-state index in [0.29, 0.717) is 42.2 Å². The van der Waals surface area contributed by atoms with Crippen molar-refractivity contribution >= 4 is 28.6 Å². The van der Waals surface area contributed by atoms with E-state index in [1.807, 2.05) is 11.8 Å². The van der Waals surface area contributed by atoms with Crippen molar-refractivity contribution in [3.8, 4) is 11.1 Å². The van der Waals surface area contributed by atoms with Crippen LogP contribution in [-0.4, -0.2) is 45.4 Å². The fourth-order valence-electron chi connectivity index (χ4n) is 3.68. The number of nitrogens with one attached hydrogen (secondary N) is 2. The number of rotatable bonds is 4. The van der Waals surface area contributed by atoms with Crippen molar-refractivity contribution in [3.63, 3.8) is 0 Å². The van der Waals surface area contributed by atoms with Gasteiger partial charge in [0.05, 0.1) is 18.0 Å². The molecule has 2 N–H and O–H groups in total. The molecule has 0 radical (unpaired) electrons. The molecule has 1 aliphatic heterocycles.